The van der Waals surface area contributed by atoms with Crippen molar-refractivity contribution in [3.63, 3.8) is 0 Å². The molecule has 1 atom stereocenters. The van der Waals surface area contributed by atoms with E-state index in [1.807, 2.05) is 0 Å². The number of ether oxygens (including phenoxy) is 1. The second-order valence-corrected chi connectivity index (χ2v) is 6.09. The van der Waals surface area contributed by atoms with Crippen molar-refractivity contribution >= 4 is 28.2 Å². The molecule has 7 nitrogen and oxygen atoms in total. The van der Waals surface area contributed by atoms with E-state index < -0.39 is 0 Å². The topological polar surface area (TPSA) is 97.7 Å². The fraction of sp³-hybridized carbons (Fsp3) is 0.667. The highest BCUT2D eigenvalue weighted by molar-refractivity contribution is 7.18. The number of carbonyl (C=O) groups is 1. The molecule has 1 unspecified atom stereocenters. The van der Waals surface area contributed by atoms with Crippen LogP contribution in [0.5, 0.6) is 0 Å². The second kappa shape index (κ2) is 5.55. The van der Waals surface area contributed by atoms with E-state index in [1.54, 1.807) is 4.90 Å². The second-order valence-electron chi connectivity index (χ2n) is 5.11. The number of thiazole rings is 1. The number of aromatic nitrogens is 1. The van der Waals surface area contributed by atoms with Gasteiger partial charge in [0.1, 0.15) is 10.7 Å². The van der Waals surface area contributed by atoms with Crippen molar-refractivity contribution in [2.45, 2.75) is 12.5 Å². The number of carbonyl (C=O) groups excluding carboxylic acids is 1. The predicted molar refractivity (Wildman–Crippen MR) is 78.1 cm³/mol. The fourth-order valence-electron chi connectivity index (χ4n) is 2.48. The number of likely N-dealkylation sites (tertiary alicyclic amines) is 1. The van der Waals surface area contributed by atoms with Crippen molar-refractivity contribution in [2.75, 3.05) is 50.0 Å². The molecule has 1 aromatic heterocycles. The predicted octanol–water partition coefficient (Wildman–Crippen LogP) is -0.265. The number of anilines is 2. The number of hydrogen-bond donors (Lipinski definition) is 2. The van der Waals surface area contributed by atoms with E-state index in [1.165, 1.54) is 11.3 Å². The van der Waals surface area contributed by atoms with Gasteiger partial charge >= 0.3 is 0 Å². The number of nitrogens with two attached hydrogens (primary N) is 2. The lowest BCUT2D eigenvalue weighted by atomic mass is 10.3. The van der Waals surface area contributed by atoms with E-state index in [4.69, 9.17) is 16.2 Å². The Morgan fingerprint density at radius 2 is 2.10 bits per heavy atom. The molecule has 2 saturated heterocycles. The summed E-state index contributed by atoms with van der Waals surface area (Å²) in [6.45, 7) is 4.24. The summed E-state index contributed by atoms with van der Waals surface area (Å²) >= 11 is 1.36. The molecule has 0 aliphatic carbocycles. The van der Waals surface area contributed by atoms with Crippen LogP contribution in [0.4, 0.5) is 10.9 Å². The van der Waals surface area contributed by atoms with Crippen LogP contribution in [0.25, 0.3) is 0 Å². The van der Waals surface area contributed by atoms with Gasteiger partial charge < -0.3 is 26.0 Å². The lowest BCUT2D eigenvalue weighted by Gasteiger charge is -2.25. The van der Waals surface area contributed by atoms with Crippen molar-refractivity contribution < 1.29 is 9.53 Å². The first kappa shape index (κ1) is 13.6. The van der Waals surface area contributed by atoms with Crippen LogP contribution in [0, 0.1) is 0 Å². The summed E-state index contributed by atoms with van der Waals surface area (Å²) < 4.78 is 5.31. The van der Waals surface area contributed by atoms with Gasteiger partial charge in [-0.05, 0) is 6.42 Å². The Kier molecular flexibility index (Phi) is 3.77. The molecule has 110 valence electrons. The third-order valence-corrected chi connectivity index (χ3v) is 4.75. The van der Waals surface area contributed by atoms with Crippen molar-refractivity contribution in [1.29, 1.82) is 0 Å². The Balaban J connectivity index is 1.76. The summed E-state index contributed by atoms with van der Waals surface area (Å²) in [6.07, 6.45) is 0.848. The van der Waals surface area contributed by atoms with Gasteiger partial charge in [0.15, 0.2) is 5.13 Å². The SMILES string of the molecule is Nc1nc(N2CCOCC2)sc1C(=O)N1CCC(N)C1. The highest BCUT2D eigenvalue weighted by Gasteiger charge is 2.28. The minimum atomic E-state index is -0.0486. The van der Waals surface area contributed by atoms with Gasteiger partial charge in [-0.15, -0.1) is 0 Å². The molecule has 20 heavy (non-hydrogen) atoms. The van der Waals surface area contributed by atoms with Gasteiger partial charge in [-0.1, -0.05) is 11.3 Å². The first-order valence-electron chi connectivity index (χ1n) is 6.79. The highest BCUT2D eigenvalue weighted by Crippen LogP contribution is 2.30. The van der Waals surface area contributed by atoms with E-state index >= 15 is 0 Å². The zero-order chi connectivity index (χ0) is 14.1. The van der Waals surface area contributed by atoms with Crippen molar-refractivity contribution in [1.82, 2.24) is 9.88 Å². The number of nitrogen functional groups attached to an aromatic ring is 1. The van der Waals surface area contributed by atoms with E-state index in [0.717, 1.165) is 24.6 Å². The Labute approximate surface area is 121 Å². The van der Waals surface area contributed by atoms with Crippen LogP contribution in [-0.4, -0.2) is 61.2 Å². The first-order chi connectivity index (χ1) is 9.65. The van der Waals surface area contributed by atoms with Gasteiger partial charge in [0.25, 0.3) is 5.91 Å². The fourth-order valence-corrected chi connectivity index (χ4v) is 3.48. The van der Waals surface area contributed by atoms with Crippen LogP contribution in [0.2, 0.25) is 0 Å². The normalized spacial score (nSPS) is 23.4. The number of amides is 1. The van der Waals surface area contributed by atoms with Crippen LogP contribution in [0.15, 0.2) is 0 Å². The number of hydrogen-bond acceptors (Lipinski definition) is 7. The maximum absolute atomic E-state index is 12.4. The number of rotatable bonds is 2. The van der Waals surface area contributed by atoms with Crippen LogP contribution in [0.3, 0.4) is 0 Å². The molecule has 2 fully saturated rings. The van der Waals surface area contributed by atoms with Gasteiger partial charge in [0, 0.05) is 32.2 Å². The minimum Gasteiger partial charge on any atom is -0.382 e. The molecule has 3 rings (SSSR count). The molecule has 0 aromatic carbocycles. The Morgan fingerprint density at radius 3 is 2.75 bits per heavy atom. The lowest BCUT2D eigenvalue weighted by Crippen LogP contribution is -2.36. The summed E-state index contributed by atoms with van der Waals surface area (Å²) in [6, 6.07) is 0.0757. The maximum atomic E-state index is 12.4. The van der Waals surface area contributed by atoms with Crippen molar-refractivity contribution in [3.8, 4) is 0 Å². The van der Waals surface area contributed by atoms with Gasteiger partial charge in [0.05, 0.1) is 13.2 Å². The Bertz CT molecular complexity index is 500. The molecule has 2 aliphatic heterocycles. The maximum Gasteiger partial charge on any atom is 0.267 e. The number of nitrogens with zero attached hydrogens (tertiary/aromatic N) is 3. The third kappa shape index (κ3) is 2.58. The summed E-state index contributed by atoms with van der Waals surface area (Å²) in [4.78, 5) is 21.2. The molecular formula is C12H19N5O2S. The van der Waals surface area contributed by atoms with E-state index in [9.17, 15) is 4.79 Å². The average molecular weight is 297 g/mol. The zero-order valence-electron chi connectivity index (χ0n) is 11.2. The van der Waals surface area contributed by atoms with Crippen molar-refractivity contribution in [3.05, 3.63) is 4.88 Å². The van der Waals surface area contributed by atoms with Crippen LogP contribution >= 0.6 is 11.3 Å². The van der Waals surface area contributed by atoms with E-state index in [2.05, 4.69) is 9.88 Å². The largest absolute Gasteiger partial charge is 0.382 e. The molecule has 1 amide bonds. The standard InChI is InChI=1S/C12H19N5O2S/c13-8-1-2-17(7-8)11(18)9-10(14)15-12(20-9)16-3-5-19-6-4-16/h8H,1-7,13-14H2. The van der Waals surface area contributed by atoms with Gasteiger partial charge in [-0.3, -0.25) is 4.79 Å². The highest BCUT2D eigenvalue weighted by atomic mass is 32.1. The molecule has 0 bridgehead atoms. The number of morpholine rings is 1. The summed E-state index contributed by atoms with van der Waals surface area (Å²) in [5, 5.41) is 0.803. The van der Waals surface area contributed by atoms with Crippen LogP contribution in [-0.2, 0) is 4.74 Å². The third-order valence-electron chi connectivity index (χ3n) is 3.63. The summed E-state index contributed by atoms with van der Waals surface area (Å²) in [7, 11) is 0. The smallest absolute Gasteiger partial charge is 0.267 e. The molecule has 0 radical (unpaired) electrons. The molecule has 8 heteroatoms. The molecular weight excluding hydrogens is 278 g/mol. The molecule has 4 N–H and O–H groups in total. The molecule has 2 aliphatic rings. The monoisotopic (exact) mass is 297 g/mol. The van der Waals surface area contributed by atoms with Gasteiger partial charge in [-0.25, -0.2) is 4.98 Å². The van der Waals surface area contributed by atoms with Crippen LogP contribution < -0.4 is 16.4 Å². The van der Waals surface area contributed by atoms with Gasteiger partial charge in [-0.2, -0.15) is 0 Å². The average Bonchev–Trinajstić information content (AvgIpc) is 3.05. The Hall–Kier alpha value is -1.38. The van der Waals surface area contributed by atoms with E-state index in [-0.39, 0.29) is 11.9 Å². The summed E-state index contributed by atoms with van der Waals surface area (Å²) in [5.74, 6) is 0.273. The first-order valence-corrected chi connectivity index (χ1v) is 7.60. The molecule has 0 saturated carbocycles. The van der Waals surface area contributed by atoms with Crippen molar-refractivity contribution in [2.24, 2.45) is 5.73 Å². The van der Waals surface area contributed by atoms with Gasteiger partial charge in [0.2, 0.25) is 0 Å². The minimum absolute atomic E-state index is 0.0486. The van der Waals surface area contributed by atoms with E-state index in [0.29, 0.717) is 37.0 Å². The van der Waals surface area contributed by atoms with Crippen LogP contribution in [0.1, 0.15) is 16.1 Å². The lowest BCUT2D eigenvalue weighted by molar-refractivity contribution is 0.0796. The summed E-state index contributed by atoms with van der Waals surface area (Å²) in [5.41, 5.74) is 11.8. The molecule has 3 heterocycles. The quantitative estimate of drug-likeness (QED) is 0.780. The molecule has 1 aromatic rings. The molecule has 0 spiro atoms. The Morgan fingerprint density at radius 1 is 1.35 bits per heavy atom. The zero-order valence-corrected chi connectivity index (χ0v) is 12.1.